The van der Waals surface area contributed by atoms with Gasteiger partial charge in [-0.3, -0.25) is 4.21 Å². The molecule has 1 atom stereocenters. The Balaban J connectivity index is 1.49. The number of nitrogens with zero attached hydrogens (tertiary/aromatic N) is 3. The molecule has 7 nitrogen and oxygen atoms in total. The first-order valence-electron chi connectivity index (χ1n) is 9.96. The van der Waals surface area contributed by atoms with Gasteiger partial charge >= 0.3 is 0 Å². The normalized spacial score (nSPS) is 15.4. The van der Waals surface area contributed by atoms with Gasteiger partial charge in [0.1, 0.15) is 17.9 Å². The van der Waals surface area contributed by atoms with Gasteiger partial charge in [0.05, 0.1) is 12.7 Å². The van der Waals surface area contributed by atoms with Gasteiger partial charge in [0, 0.05) is 46.8 Å². The average Bonchev–Trinajstić information content (AvgIpc) is 2.80. The molecule has 1 fully saturated rings. The summed E-state index contributed by atoms with van der Waals surface area (Å²) >= 11 is 0. The monoisotopic (exact) mass is 442 g/mol. The lowest BCUT2D eigenvalue weighted by atomic mass is 10.2. The predicted octanol–water partition coefficient (Wildman–Crippen LogP) is 3.86. The second-order valence-corrected chi connectivity index (χ2v) is 8.86. The zero-order valence-electron chi connectivity index (χ0n) is 17.1. The minimum atomic E-state index is -0.940. The maximum atomic E-state index is 13.5. The Hall–Kier alpha value is -2.91. The first-order valence-corrected chi connectivity index (χ1v) is 11.3. The summed E-state index contributed by atoms with van der Waals surface area (Å²) in [5.41, 5.74) is 2.32. The van der Waals surface area contributed by atoms with E-state index in [1.807, 2.05) is 24.3 Å². The van der Waals surface area contributed by atoms with E-state index in [2.05, 4.69) is 20.3 Å². The summed E-state index contributed by atoms with van der Waals surface area (Å²) in [7, 11) is 0.527. The molecule has 0 amide bonds. The van der Waals surface area contributed by atoms with Crippen molar-refractivity contribution in [3.63, 3.8) is 0 Å². The van der Waals surface area contributed by atoms with Gasteiger partial charge in [-0.2, -0.15) is 4.98 Å². The van der Waals surface area contributed by atoms with Gasteiger partial charge in [-0.05, 0) is 42.7 Å². The third-order valence-corrected chi connectivity index (χ3v) is 6.84. The summed E-state index contributed by atoms with van der Waals surface area (Å²) in [6.07, 6.45) is 3.06. The van der Waals surface area contributed by atoms with Gasteiger partial charge in [0.25, 0.3) is 0 Å². The third kappa shape index (κ3) is 5.42. The Bertz CT molecular complexity index is 1080. The van der Waals surface area contributed by atoms with Crippen molar-refractivity contribution < 1.29 is 18.1 Å². The zero-order chi connectivity index (χ0) is 21.6. The molecule has 31 heavy (non-hydrogen) atoms. The smallest absolute Gasteiger partial charge is 0.230 e. The number of hydrogen-bond donors (Lipinski definition) is 1. The van der Waals surface area contributed by atoms with E-state index in [0.29, 0.717) is 42.1 Å². The van der Waals surface area contributed by atoms with E-state index in [-0.39, 0.29) is 5.25 Å². The highest BCUT2D eigenvalue weighted by Gasteiger charge is 2.20. The van der Waals surface area contributed by atoms with E-state index in [0.717, 1.165) is 24.1 Å². The molecule has 0 unspecified atom stereocenters. The summed E-state index contributed by atoms with van der Waals surface area (Å²) in [4.78, 5) is 12.8. The van der Waals surface area contributed by atoms with Crippen molar-refractivity contribution in [1.82, 2.24) is 15.0 Å². The zero-order valence-corrected chi connectivity index (χ0v) is 17.9. The van der Waals surface area contributed by atoms with Crippen molar-refractivity contribution in [2.24, 2.45) is 0 Å². The molecule has 1 aliphatic heterocycles. The van der Waals surface area contributed by atoms with Crippen LogP contribution in [0, 0.1) is 5.82 Å². The minimum Gasteiger partial charge on any atom is -0.496 e. The molecule has 0 spiro atoms. The average molecular weight is 443 g/mol. The highest BCUT2D eigenvalue weighted by Crippen LogP contribution is 2.28. The molecular weight excluding hydrogens is 419 g/mol. The van der Waals surface area contributed by atoms with Crippen molar-refractivity contribution in [3.8, 4) is 17.1 Å². The molecule has 0 radical (unpaired) electrons. The molecule has 1 N–H and O–H groups in total. The van der Waals surface area contributed by atoms with Gasteiger partial charge in [-0.1, -0.05) is 12.1 Å². The lowest BCUT2D eigenvalue weighted by Crippen LogP contribution is -2.25. The van der Waals surface area contributed by atoms with Crippen LogP contribution in [0.1, 0.15) is 18.4 Å². The van der Waals surface area contributed by atoms with Crippen molar-refractivity contribution in [3.05, 3.63) is 60.2 Å². The lowest BCUT2D eigenvalue weighted by Gasteiger charge is -2.21. The number of methoxy groups -OCH3 is 1. The second kappa shape index (κ2) is 9.93. The Morgan fingerprint density at radius 3 is 2.84 bits per heavy atom. The van der Waals surface area contributed by atoms with E-state index < -0.39 is 16.6 Å². The molecule has 1 aliphatic rings. The van der Waals surface area contributed by atoms with Crippen molar-refractivity contribution in [1.29, 1.82) is 0 Å². The minimum absolute atomic E-state index is 0.183. The molecular formula is C22H23FN4O3S. The highest BCUT2D eigenvalue weighted by atomic mass is 32.2. The van der Waals surface area contributed by atoms with Crippen LogP contribution in [0.3, 0.4) is 0 Å². The molecule has 3 aromatic rings. The van der Waals surface area contributed by atoms with Gasteiger partial charge in [0.15, 0.2) is 5.82 Å². The molecule has 2 heterocycles. The number of rotatable bonds is 7. The number of anilines is 2. The van der Waals surface area contributed by atoms with Crippen LogP contribution in [0.25, 0.3) is 11.4 Å². The van der Waals surface area contributed by atoms with Crippen LogP contribution in [0.15, 0.2) is 48.8 Å². The van der Waals surface area contributed by atoms with Gasteiger partial charge in [0.2, 0.25) is 5.95 Å². The standard InChI is InChI=1S/C22H23FN4O3S/c1-29-20-12-16(23)5-6-19(20)21-24-14-25-22(27-21)26-17-4-2-3-15(11-17)13-31(28)18-7-9-30-10-8-18/h2-6,11-12,14,18H,7-10,13H2,1H3,(H,24,25,26,27)/t31-/m1/s1. The largest absolute Gasteiger partial charge is 0.496 e. The van der Waals surface area contributed by atoms with Crippen LogP contribution >= 0.6 is 0 Å². The van der Waals surface area contributed by atoms with Crippen LogP contribution in [0.5, 0.6) is 5.75 Å². The number of aromatic nitrogens is 3. The van der Waals surface area contributed by atoms with E-state index >= 15 is 0 Å². The SMILES string of the molecule is COc1cc(F)ccc1-c1ncnc(Nc2cccc(C[S@@](=O)C3CCOCC3)c2)n1. The second-order valence-electron chi connectivity index (χ2n) is 7.14. The predicted molar refractivity (Wildman–Crippen MR) is 117 cm³/mol. The number of nitrogens with one attached hydrogen (secondary N) is 1. The first kappa shape index (κ1) is 21.3. The Morgan fingerprint density at radius 1 is 1.19 bits per heavy atom. The summed E-state index contributed by atoms with van der Waals surface area (Å²) in [5, 5.41) is 3.34. The molecule has 0 saturated carbocycles. The van der Waals surface area contributed by atoms with Crippen molar-refractivity contribution in [2.45, 2.75) is 23.8 Å². The fourth-order valence-electron chi connectivity index (χ4n) is 3.43. The molecule has 0 aliphatic carbocycles. The first-order chi connectivity index (χ1) is 15.1. The number of halogens is 1. The lowest BCUT2D eigenvalue weighted by molar-refractivity contribution is 0.0992. The molecule has 0 bridgehead atoms. The Labute approximate surface area is 182 Å². The Morgan fingerprint density at radius 2 is 2.03 bits per heavy atom. The van der Waals surface area contributed by atoms with Gasteiger partial charge in [-0.15, -0.1) is 0 Å². The summed E-state index contributed by atoms with van der Waals surface area (Å²) in [6, 6.07) is 11.9. The van der Waals surface area contributed by atoms with Crippen LogP contribution in [0.2, 0.25) is 0 Å². The van der Waals surface area contributed by atoms with E-state index in [1.165, 1.54) is 25.6 Å². The summed E-state index contributed by atoms with van der Waals surface area (Å²) in [6.45, 7) is 1.36. The molecule has 162 valence electrons. The third-order valence-electron chi connectivity index (χ3n) is 5.01. The van der Waals surface area contributed by atoms with E-state index in [1.54, 1.807) is 6.07 Å². The van der Waals surface area contributed by atoms with E-state index in [9.17, 15) is 8.60 Å². The number of benzene rings is 2. The van der Waals surface area contributed by atoms with Crippen LogP contribution in [-0.4, -0.2) is 44.7 Å². The van der Waals surface area contributed by atoms with Crippen LogP contribution in [-0.2, 0) is 21.3 Å². The topological polar surface area (TPSA) is 86.2 Å². The number of ether oxygens (including phenoxy) is 2. The maximum Gasteiger partial charge on any atom is 0.230 e. The van der Waals surface area contributed by atoms with Gasteiger partial charge < -0.3 is 14.8 Å². The molecule has 1 saturated heterocycles. The van der Waals surface area contributed by atoms with Crippen LogP contribution in [0.4, 0.5) is 16.0 Å². The summed E-state index contributed by atoms with van der Waals surface area (Å²) < 4.78 is 36.8. The fraction of sp³-hybridized carbons (Fsp3) is 0.318. The van der Waals surface area contributed by atoms with Crippen molar-refractivity contribution >= 4 is 22.4 Å². The molecule has 2 aromatic carbocycles. The molecule has 9 heteroatoms. The molecule has 1 aromatic heterocycles. The summed E-state index contributed by atoms with van der Waals surface area (Å²) in [5.74, 6) is 1.15. The van der Waals surface area contributed by atoms with Gasteiger partial charge in [-0.25, -0.2) is 14.4 Å². The van der Waals surface area contributed by atoms with Crippen molar-refractivity contribution in [2.75, 3.05) is 25.6 Å². The number of hydrogen-bond acceptors (Lipinski definition) is 7. The Kier molecular flexibility index (Phi) is 6.83. The van der Waals surface area contributed by atoms with E-state index in [4.69, 9.17) is 9.47 Å². The highest BCUT2D eigenvalue weighted by molar-refractivity contribution is 7.84. The fourth-order valence-corrected chi connectivity index (χ4v) is 4.89. The van der Waals surface area contributed by atoms with Crippen LogP contribution < -0.4 is 10.1 Å². The molecule has 4 rings (SSSR count). The maximum absolute atomic E-state index is 13.5. The quantitative estimate of drug-likeness (QED) is 0.595.